The third-order valence-electron chi connectivity index (χ3n) is 1.62. The number of nitrogens with zero attached hydrogens (tertiary/aromatic N) is 1. The normalized spacial score (nSPS) is 9.54. The molecule has 68 valence electrons. The lowest BCUT2D eigenvalue weighted by molar-refractivity contribution is 1.10. The van der Waals surface area contributed by atoms with E-state index in [-0.39, 0.29) is 0 Å². The summed E-state index contributed by atoms with van der Waals surface area (Å²) in [5.41, 5.74) is 6.80. The van der Waals surface area contributed by atoms with E-state index in [4.69, 9.17) is 11.0 Å². The molecule has 0 aliphatic heterocycles. The van der Waals surface area contributed by atoms with Crippen molar-refractivity contribution >= 4 is 17.4 Å². The zero-order chi connectivity index (χ0) is 9.68. The molecule has 1 aromatic carbocycles. The molecule has 0 saturated carbocycles. The van der Waals surface area contributed by atoms with Crippen LogP contribution < -0.4 is 5.73 Å². The largest absolute Gasteiger partial charge is 0.398 e. The van der Waals surface area contributed by atoms with Crippen LogP contribution in [0.3, 0.4) is 0 Å². The van der Waals surface area contributed by atoms with Gasteiger partial charge in [0.05, 0.1) is 11.3 Å². The van der Waals surface area contributed by atoms with Gasteiger partial charge >= 0.3 is 0 Å². The van der Waals surface area contributed by atoms with Crippen molar-refractivity contribution < 1.29 is 0 Å². The Kier molecular flexibility index (Phi) is 3.66. The molecule has 13 heavy (non-hydrogen) atoms. The van der Waals surface area contributed by atoms with Gasteiger partial charge in [-0.2, -0.15) is 5.26 Å². The first kappa shape index (κ1) is 9.94. The number of hydrogen-bond acceptors (Lipinski definition) is 3. The second kappa shape index (κ2) is 4.78. The van der Waals surface area contributed by atoms with Gasteiger partial charge in [0, 0.05) is 4.90 Å². The van der Waals surface area contributed by atoms with Crippen LogP contribution in [0.2, 0.25) is 0 Å². The Morgan fingerprint density at radius 2 is 2.31 bits per heavy atom. The van der Waals surface area contributed by atoms with E-state index in [0.29, 0.717) is 11.3 Å². The lowest BCUT2D eigenvalue weighted by Crippen LogP contribution is -1.90. The van der Waals surface area contributed by atoms with Gasteiger partial charge in [0.15, 0.2) is 0 Å². The average Bonchev–Trinajstić information content (AvgIpc) is 2.15. The van der Waals surface area contributed by atoms with Crippen LogP contribution in [0.1, 0.15) is 18.9 Å². The van der Waals surface area contributed by atoms with Crippen molar-refractivity contribution in [2.75, 3.05) is 11.5 Å². The Balaban J connectivity index is 2.79. The van der Waals surface area contributed by atoms with Gasteiger partial charge in [-0.3, -0.25) is 0 Å². The minimum Gasteiger partial charge on any atom is -0.398 e. The molecule has 0 unspecified atom stereocenters. The molecular formula is C10H12N2S. The Labute approximate surface area is 82.7 Å². The van der Waals surface area contributed by atoms with Crippen molar-refractivity contribution in [1.29, 1.82) is 5.26 Å². The first-order valence-electron chi connectivity index (χ1n) is 4.20. The standard InChI is InChI=1S/C10H12N2S/c1-2-5-13-9-4-3-8(7-11)10(12)6-9/h3-4,6H,2,5,12H2,1H3. The molecule has 0 heterocycles. The molecule has 0 atom stereocenters. The van der Waals surface area contributed by atoms with Crippen molar-refractivity contribution in [1.82, 2.24) is 0 Å². The van der Waals surface area contributed by atoms with E-state index in [9.17, 15) is 0 Å². The minimum atomic E-state index is 0.556. The van der Waals surface area contributed by atoms with Crippen LogP contribution in [0.4, 0.5) is 5.69 Å². The predicted molar refractivity (Wildman–Crippen MR) is 56.6 cm³/mol. The first-order valence-corrected chi connectivity index (χ1v) is 5.19. The summed E-state index contributed by atoms with van der Waals surface area (Å²) in [7, 11) is 0. The molecule has 1 aromatic rings. The van der Waals surface area contributed by atoms with Gasteiger partial charge in [-0.15, -0.1) is 11.8 Å². The van der Waals surface area contributed by atoms with Crippen LogP contribution in [-0.2, 0) is 0 Å². The van der Waals surface area contributed by atoms with Crippen LogP contribution >= 0.6 is 11.8 Å². The maximum atomic E-state index is 8.65. The van der Waals surface area contributed by atoms with Crippen molar-refractivity contribution in [2.45, 2.75) is 18.2 Å². The molecule has 0 aliphatic rings. The smallest absolute Gasteiger partial charge is 0.101 e. The number of benzene rings is 1. The van der Waals surface area contributed by atoms with E-state index in [2.05, 4.69) is 6.92 Å². The van der Waals surface area contributed by atoms with Crippen molar-refractivity contribution in [2.24, 2.45) is 0 Å². The number of rotatable bonds is 3. The van der Waals surface area contributed by atoms with Gasteiger partial charge in [0.25, 0.3) is 0 Å². The zero-order valence-electron chi connectivity index (χ0n) is 7.58. The molecule has 0 bridgehead atoms. The van der Waals surface area contributed by atoms with E-state index in [1.165, 1.54) is 0 Å². The molecule has 0 fully saturated rings. The SMILES string of the molecule is CCCSc1ccc(C#N)c(N)c1. The van der Waals surface area contributed by atoms with E-state index in [1.807, 2.05) is 18.2 Å². The van der Waals surface area contributed by atoms with Crippen molar-refractivity contribution in [3.8, 4) is 6.07 Å². The monoisotopic (exact) mass is 192 g/mol. The molecule has 1 rings (SSSR count). The fourth-order valence-electron chi connectivity index (χ4n) is 0.952. The third kappa shape index (κ3) is 2.67. The topological polar surface area (TPSA) is 49.8 Å². The highest BCUT2D eigenvalue weighted by atomic mass is 32.2. The minimum absolute atomic E-state index is 0.556. The number of nitrogen functional groups attached to an aromatic ring is 1. The summed E-state index contributed by atoms with van der Waals surface area (Å²) < 4.78 is 0. The van der Waals surface area contributed by atoms with Crippen molar-refractivity contribution in [3.05, 3.63) is 23.8 Å². The van der Waals surface area contributed by atoms with E-state index in [1.54, 1.807) is 17.8 Å². The molecular weight excluding hydrogens is 180 g/mol. The number of nitrogens with two attached hydrogens (primary N) is 1. The maximum Gasteiger partial charge on any atom is 0.101 e. The van der Waals surface area contributed by atoms with E-state index in [0.717, 1.165) is 17.1 Å². The number of thioether (sulfide) groups is 1. The summed E-state index contributed by atoms with van der Waals surface area (Å²) in [5, 5.41) is 8.65. The molecule has 3 heteroatoms. The highest BCUT2D eigenvalue weighted by Crippen LogP contribution is 2.23. The van der Waals surface area contributed by atoms with Crippen LogP contribution in [0, 0.1) is 11.3 Å². The Hall–Kier alpha value is -1.14. The molecule has 2 nitrogen and oxygen atoms in total. The fourth-order valence-corrected chi connectivity index (χ4v) is 1.77. The summed E-state index contributed by atoms with van der Waals surface area (Å²) in [4.78, 5) is 1.14. The van der Waals surface area contributed by atoms with Crippen LogP contribution in [0.5, 0.6) is 0 Å². The van der Waals surface area contributed by atoms with Gasteiger partial charge in [0.2, 0.25) is 0 Å². The number of anilines is 1. The first-order chi connectivity index (χ1) is 6.27. The van der Waals surface area contributed by atoms with Gasteiger partial charge in [0.1, 0.15) is 6.07 Å². The molecule has 0 aliphatic carbocycles. The molecule has 0 radical (unpaired) electrons. The summed E-state index contributed by atoms with van der Waals surface area (Å²) >= 11 is 1.76. The van der Waals surface area contributed by atoms with Gasteiger partial charge in [-0.25, -0.2) is 0 Å². The Morgan fingerprint density at radius 3 is 2.85 bits per heavy atom. The van der Waals surface area contributed by atoms with Crippen LogP contribution in [-0.4, -0.2) is 5.75 Å². The van der Waals surface area contributed by atoms with Gasteiger partial charge in [-0.1, -0.05) is 6.92 Å². The summed E-state index contributed by atoms with van der Waals surface area (Å²) in [6.45, 7) is 2.14. The highest BCUT2D eigenvalue weighted by Gasteiger charge is 1.99. The summed E-state index contributed by atoms with van der Waals surface area (Å²) in [6.07, 6.45) is 1.14. The lowest BCUT2D eigenvalue weighted by atomic mass is 10.2. The highest BCUT2D eigenvalue weighted by molar-refractivity contribution is 7.99. The zero-order valence-corrected chi connectivity index (χ0v) is 8.40. The summed E-state index contributed by atoms with van der Waals surface area (Å²) in [5.74, 6) is 1.09. The quantitative estimate of drug-likeness (QED) is 0.591. The average molecular weight is 192 g/mol. The molecule has 0 saturated heterocycles. The maximum absolute atomic E-state index is 8.65. The van der Waals surface area contributed by atoms with Gasteiger partial charge < -0.3 is 5.73 Å². The Bertz CT molecular complexity index is 328. The predicted octanol–water partition coefficient (Wildman–Crippen LogP) is 2.64. The fraction of sp³-hybridized carbons (Fsp3) is 0.300. The number of hydrogen-bond donors (Lipinski definition) is 1. The molecule has 2 N–H and O–H groups in total. The summed E-state index contributed by atoms with van der Waals surface area (Å²) in [6, 6.07) is 7.62. The Morgan fingerprint density at radius 1 is 1.54 bits per heavy atom. The van der Waals surface area contributed by atoms with Crippen LogP contribution in [0.25, 0.3) is 0 Å². The second-order valence-electron chi connectivity index (χ2n) is 2.71. The second-order valence-corrected chi connectivity index (χ2v) is 3.88. The molecule has 0 amide bonds. The lowest BCUT2D eigenvalue weighted by Gasteiger charge is -2.01. The number of nitriles is 1. The van der Waals surface area contributed by atoms with E-state index < -0.39 is 0 Å². The van der Waals surface area contributed by atoms with E-state index >= 15 is 0 Å². The van der Waals surface area contributed by atoms with Gasteiger partial charge in [-0.05, 0) is 30.4 Å². The third-order valence-corrected chi connectivity index (χ3v) is 2.82. The van der Waals surface area contributed by atoms with Crippen LogP contribution in [0.15, 0.2) is 23.1 Å². The molecule has 0 aromatic heterocycles. The molecule has 0 spiro atoms. The van der Waals surface area contributed by atoms with Crippen molar-refractivity contribution in [3.63, 3.8) is 0 Å².